The first-order chi connectivity index (χ1) is 15.7. The third kappa shape index (κ3) is 6.06. The smallest absolute Gasteiger partial charge is 0.407 e. The first-order valence-corrected chi connectivity index (χ1v) is 10.7. The molecule has 9 heteroatoms. The monoisotopic (exact) mass is 460 g/mol. The first-order valence-electron chi connectivity index (χ1n) is 10.7. The van der Waals surface area contributed by atoms with Gasteiger partial charge in [0.1, 0.15) is 6.61 Å². The summed E-state index contributed by atoms with van der Waals surface area (Å²) in [4.78, 5) is 34.4. The number of hydrogen-bond acceptors (Lipinski definition) is 4. The van der Waals surface area contributed by atoms with Crippen molar-refractivity contribution in [2.45, 2.75) is 44.1 Å². The van der Waals surface area contributed by atoms with Crippen molar-refractivity contribution >= 4 is 18.0 Å². The molecule has 0 saturated carbocycles. The highest BCUT2D eigenvalue weighted by Gasteiger charge is 2.40. The average Bonchev–Trinajstić information content (AvgIpc) is 3.10. The fourth-order valence-corrected chi connectivity index (χ4v) is 3.87. The number of alkyl halides is 2. The summed E-state index contributed by atoms with van der Waals surface area (Å²) < 4.78 is 33.5. The number of carbonyl (C=O) groups is 3. The standard InChI is InChI=1S/C24H26F2N2O5/c1-15(7-6-12-21(29)30)28-22(31)24(25,26)14-27-23(32)33-13-20-18-10-4-2-8-16(18)17-9-3-5-11-19(17)20/h2-5,8-11,15,20H,6-7,12-14H2,1H3,(H,27,32)(H,28,31)(H,29,30). The van der Waals surface area contributed by atoms with Crippen molar-refractivity contribution in [3.63, 3.8) is 0 Å². The number of aliphatic carboxylic acids is 1. The molecule has 2 aromatic rings. The fraction of sp³-hybridized carbons (Fsp3) is 0.375. The Bertz CT molecular complexity index is 982. The molecule has 0 saturated heterocycles. The SMILES string of the molecule is CC(CCCC(=O)O)NC(=O)C(F)(F)CNC(=O)OCC1c2ccccc2-c2ccccc21. The van der Waals surface area contributed by atoms with Crippen LogP contribution in [-0.4, -0.2) is 48.2 Å². The Labute approximate surface area is 190 Å². The van der Waals surface area contributed by atoms with Gasteiger partial charge in [-0.15, -0.1) is 0 Å². The summed E-state index contributed by atoms with van der Waals surface area (Å²) in [6, 6.07) is 14.8. The molecule has 0 aromatic heterocycles. The molecule has 3 rings (SSSR count). The van der Waals surface area contributed by atoms with Gasteiger partial charge in [-0.2, -0.15) is 8.78 Å². The number of alkyl carbamates (subject to hydrolysis) is 1. The summed E-state index contributed by atoms with van der Waals surface area (Å²) >= 11 is 0. The summed E-state index contributed by atoms with van der Waals surface area (Å²) in [7, 11) is 0. The number of hydrogen-bond donors (Lipinski definition) is 3. The van der Waals surface area contributed by atoms with Crippen LogP contribution in [0.1, 0.15) is 43.2 Å². The van der Waals surface area contributed by atoms with Crippen molar-refractivity contribution in [3.05, 3.63) is 59.7 Å². The first kappa shape index (κ1) is 24.2. The van der Waals surface area contributed by atoms with Crippen LogP contribution in [0, 0.1) is 0 Å². The van der Waals surface area contributed by atoms with Crippen molar-refractivity contribution in [1.82, 2.24) is 10.6 Å². The molecule has 176 valence electrons. The zero-order valence-corrected chi connectivity index (χ0v) is 18.1. The Balaban J connectivity index is 1.49. The molecule has 1 atom stereocenters. The molecule has 0 spiro atoms. The van der Waals surface area contributed by atoms with E-state index in [9.17, 15) is 23.2 Å². The van der Waals surface area contributed by atoms with Gasteiger partial charge in [-0.25, -0.2) is 4.79 Å². The third-order valence-corrected chi connectivity index (χ3v) is 5.54. The molecule has 1 aliphatic rings. The molecule has 1 aliphatic carbocycles. The number of ether oxygens (including phenoxy) is 1. The van der Waals surface area contributed by atoms with Gasteiger partial charge in [-0.1, -0.05) is 48.5 Å². The number of nitrogens with one attached hydrogen (secondary N) is 2. The summed E-state index contributed by atoms with van der Waals surface area (Å²) in [6.07, 6.45) is -0.660. The Kier molecular flexibility index (Phi) is 7.63. The quantitative estimate of drug-likeness (QED) is 0.499. The van der Waals surface area contributed by atoms with E-state index in [0.29, 0.717) is 0 Å². The Morgan fingerprint density at radius 1 is 1.06 bits per heavy atom. The van der Waals surface area contributed by atoms with Gasteiger partial charge in [0.15, 0.2) is 0 Å². The zero-order valence-electron chi connectivity index (χ0n) is 18.1. The van der Waals surface area contributed by atoms with E-state index in [1.807, 2.05) is 53.8 Å². The van der Waals surface area contributed by atoms with Crippen LogP contribution in [0.2, 0.25) is 0 Å². The normalized spacial score (nSPS) is 13.5. The van der Waals surface area contributed by atoms with Crippen molar-refractivity contribution in [2.75, 3.05) is 13.2 Å². The van der Waals surface area contributed by atoms with Crippen molar-refractivity contribution in [1.29, 1.82) is 0 Å². The number of carboxylic acid groups (broad SMARTS) is 1. The van der Waals surface area contributed by atoms with E-state index in [1.54, 1.807) is 0 Å². The molecule has 0 fully saturated rings. The van der Waals surface area contributed by atoms with Crippen LogP contribution in [0.5, 0.6) is 0 Å². The van der Waals surface area contributed by atoms with Gasteiger partial charge < -0.3 is 20.5 Å². The molecule has 0 aliphatic heterocycles. The van der Waals surface area contributed by atoms with Crippen molar-refractivity contribution in [2.24, 2.45) is 0 Å². The Hall–Kier alpha value is -3.49. The van der Waals surface area contributed by atoms with Crippen LogP contribution in [0.15, 0.2) is 48.5 Å². The lowest BCUT2D eigenvalue weighted by Gasteiger charge is -2.20. The van der Waals surface area contributed by atoms with Gasteiger partial charge in [0.25, 0.3) is 5.91 Å². The highest BCUT2D eigenvalue weighted by atomic mass is 19.3. The van der Waals surface area contributed by atoms with Gasteiger partial charge in [-0.05, 0) is 42.0 Å². The molecule has 0 radical (unpaired) electrons. The van der Waals surface area contributed by atoms with E-state index in [1.165, 1.54) is 6.92 Å². The van der Waals surface area contributed by atoms with Crippen LogP contribution in [0.3, 0.4) is 0 Å². The highest BCUT2D eigenvalue weighted by molar-refractivity contribution is 5.84. The van der Waals surface area contributed by atoms with Gasteiger partial charge in [0.05, 0.1) is 6.54 Å². The second-order valence-corrected chi connectivity index (χ2v) is 8.04. The number of halogens is 2. The molecule has 7 nitrogen and oxygen atoms in total. The molecule has 2 amide bonds. The molecule has 0 heterocycles. The molecule has 1 unspecified atom stereocenters. The largest absolute Gasteiger partial charge is 0.481 e. The van der Waals surface area contributed by atoms with E-state index in [-0.39, 0.29) is 31.8 Å². The molecular formula is C24H26F2N2O5. The summed E-state index contributed by atoms with van der Waals surface area (Å²) in [6.45, 7) is 0.268. The number of amides is 2. The number of carboxylic acids is 1. The van der Waals surface area contributed by atoms with E-state index in [2.05, 4.69) is 5.32 Å². The molecule has 0 bridgehead atoms. The number of benzene rings is 2. The van der Waals surface area contributed by atoms with Gasteiger partial charge in [0, 0.05) is 18.4 Å². The predicted molar refractivity (Wildman–Crippen MR) is 117 cm³/mol. The van der Waals surface area contributed by atoms with Crippen LogP contribution in [0.25, 0.3) is 11.1 Å². The predicted octanol–water partition coefficient (Wildman–Crippen LogP) is 3.92. The number of carbonyl (C=O) groups excluding carboxylic acids is 2. The zero-order chi connectivity index (χ0) is 24.0. The van der Waals surface area contributed by atoms with Gasteiger partial charge in [-0.3, -0.25) is 9.59 Å². The van der Waals surface area contributed by atoms with Gasteiger partial charge in [0.2, 0.25) is 0 Å². The second kappa shape index (κ2) is 10.4. The average molecular weight is 460 g/mol. The highest BCUT2D eigenvalue weighted by Crippen LogP contribution is 2.44. The minimum atomic E-state index is -3.84. The second-order valence-electron chi connectivity index (χ2n) is 8.04. The lowest BCUT2D eigenvalue weighted by atomic mass is 9.98. The lowest BCUT2D eigenvalue weighted by molar-refractivity contribution is -0.145. The van der Waals surface area contributed by atoms with E-state index >= 15 is 0 Å². The summed E-state index contributed by atoms with van der Waals surface area (Å²) in [5.41, 5.74) is 4.08. The van der Waals surface area contributed by atoms with E-state index in [4.69, 9.17) is 9.84 Å². The third-order valence-electron chi connectivity index (χ3n) is 5.54. The minimum Gasteiger partial charge on any atom is -0.481 e. The van der Waals surface area contributed by atoms with Crippen LogP contribution in [-0.2, 0) is 14.3 Å². The maximum absolute atomic E-state index is 14.1. The van der Waals surface area contributed by atoms with E-state index in [0.717, 1.165) is 22.3 Å². The molecular weight excluding hydrogens is 434 g/mol. The number of rotatable bonds is 10. The van der Waals surface area contributed by atoms with Crippen LogP contribution >= 0.6 is 0 Å². The topological polar surface area (TPSA) is 105 Å². The van der Waals surface area contributed by atoms with Crippen molar-refractivity contribution in [3.8, 4) is 11.1 Å². The fourth-order valence-electron chi connectivity index (χ4n) is 3.87. The maximum Gasteiger partial charge on any atom is 0.407 e. The number of fused-ring (bicyclic) bond motifs is 3. The van der Waals surface area contributed by atoms with Crippen molar-refractivity contribution < 1.29 is 33.0 Å². The molecule has 33 heavy (non-hydrogen) atoms. The Morgan fingerprint density at radius 2 is 1.64 bits per heavy atom. The van der Waals surface area contributed by atoms with Gasteiger partial charge >= 0.3 is 18.0 Å². The lowest BCUT2D eigenvalue weighted by Crippen LogP contribution is -2.50. The van der Waals surface area contributed by atoms with Crippen LogP contribution in [0.4, 0.5) is 13.6 Å². The molecule has 3 N–H and O–H groups in total. The minimum absolute atomic E-state index is 0.0295. The van der Waals surface area contributed by atoms with E-state index < -0.39 is 36.5 Å². The Morgan fingerprint density at radius 3 is 2.21 bits per heavy atom. The van der Waals surface area contributed by atoms with Crippen LogP contribution < -0.4 is 10.6 Å². The summed E-state index contributed by atoms with van der Waals surface area (Å²) in [5.74, 6) is -6.58. The summed E-state index contributed by atoms with van der Waals surface area (Å²) in [5, 5.41) is 12.7. The molecule has 2 aromatic carbocycles. The maximum atomic E-state index is 14.1.